The summed E-state index contributed by atoms with van der Waals surface area (Å²) in [5.41, 5.74) is 9.87. The number of aliphatic hydroxyl groups excluding tert-OH is 1. The zero-order chi connectivity index (χ0) is 31.1. The van der Waals surface area contributed by atoms with Gasteiger partial charge in [0.1, 0.15) is 23.5 Å². The molecule has 0 bridgehead atoms. The molecule has 45 heavy (non-hydrogen) atoms. The van der Waals surface area contributed by atoms with Crippen LogP contribution in [0.3, 0.4) is 0 Å². The van der Waals surface area contributed by atoms with Crippen LogP contribution >= 0.6 is 0 Å². The second-order valence-corrected chi connectivity index (χ2v) is 13.1. The van der Waals surface area contributed by atoms with Gasteiger partial charge in [0.15, 0.2) is 17.2 Å². The smallest absolute Gasteiger partial charge is 0.409 e. The molecule has 2 saturated carbocycles. The van der Waals surface area contributed by atoms with Crippen LogP contribution in [0.15, 0.2) is 23.2 Å². The summed E-state index contributed by atoms with van der Waals surface area (Å²) in [5, 5.41) is 19.7. The highest BCUT2D eigenvalue weighted by atomic mass is 16.6. The number of hydrogen-bond acceptors (Lipinski definition) is 11. The molecule has 5 heterocycles. The Bertz CT molecular complexity index is 1650. The summed E-state index contributed by atoms with van der Waals surface area (Å²) in [5.74, 6) is 2.70. The van der Waals surface area contributed by atoms with Crippen molar-refractivity contribution in [1.82, 2.24) is 39.8 Å². The molecule has 0 unspecified atom stereocenters. The van der Waals surface area contributed by atoms with Gasteiger partial charge in [-0.2, -0.15) is 5.10 Å². The van der Waals surface area contributed by atoms with E-state index in [1.165, 1.54) is 6.33 Å². The monoisotopic (exact) mass is 615 g/mol. The number of rotatable bonds is 8. The summed E-state index contributed by atoms with van der Waals surface area (Å²) < 4.78 is 13.3. The molecule has 3 aliphatic rings. The molecule has 13 nitrogen and oxygen atoms in total. The zero-order valence-electron chi connectivity index (χ0n) is 25.9. The molecule has 1 amide bonds. The normalized spacial score (nSPS) is 21.1. The molecule has 4 aromatic heterocycles. The van der Waals surface area contributed by atoms with E-state index in [9.17, 15) is 9.90 Å². The Kier molecular flexibility index (Phi) is 8.11. The van der Waals surface area contributed by atoms with Crippen LogP contribution in [0.1, 0.15) is 101 Å². The van der Waals surface area contributed by atoms with Gasteiger partial charge in [0, 0.05) is 37.4 Å². The van der Waals surface area contributed by atoms with Crippen LogP contribution in [-0.2, 0) is 4.74 Å². The molecule has 1 aliphatic heterocycles. The van der Waals surface area contributed by atoms with Gasteiger partial charge in [-0.05, 0) is 89.0 Å². The quantitative estimate of drug-likeness (QED) is 0.266. The van der Waals surface area contributed by atoms with Crippen LogP contribution in [-0.4, -0.2) is 76.8 Å². The number of ether oxygens (including phenoxy) is 1. The fraction of sp³-hybridized carbons (Fsp3) is 0.594. The molecule has 238 valence electrons. The van der Waals surface area contributed by atoms with Crippen molar-refractivity contribution in [3.8, 4) is 22.8 Å². The number of nitrogen functional groups attached to an aromatic ring is 1. The topological polar surface area (TPSA) is 171 Å². The fourth-order valence-corrected chi connectivity index (χ4v) is 6.74. The van der Waals surface area contributed by atoms with E-state index in [0.717, 1.165) is 74.7 Å². The zero-order valence-corrected chi connectivity index (χ0v) is 25.9. The van der Waals surface area contributed by atoms with Gasteiger partial charge in [-0.15, -0.1) is 0 Å². The van der Waals surface area contributed by atoms with E-state index >= 15 is 0 Å². The Hall–Kier alpha value is -4.13. The first-order chi connectivity index (χ1) is 21.9. The Morgan fingerprint density at radius 2 is 1.73 bits per heavy atom. The van der Waals surface area contributed by atoms with Gasteiger partial charge in [0.2, 0.25) is 0 Å². The Labute approximate surface area is 261 Å². The molecular formula is C32H41N9O4. The third kappa shape index (κ3) is 5.97. The predicted octanol–water partition coefficient (Wildman–Crippen LogP) is 5.24. The van der Waals surface area contributed by atoms with Crippen molar-refractivity contribution in [1.29, 1.82) is 0 Å². The Morgan fingerprint density at radius 3 is 2.42 bits per heavy atom. The van der Waals surface area contributed by atoms with Gasteiger partial charge in [-0.3, -0.25) is 0 Å². The van der Waals surface area contributed by atoms with Crippen molar-refractivity contribution in [3.05, 3.63) is 30.0 Å². The summed E-state index contributed by atoms with van der Waals surface area (Å²) in [6.45, 7) is 5.79. The van der Waals surface area contributed by atoms with E-state index in [0.29, 0.717) is 59.7 Å². The average molecular weight is 616 g/mol. The summed E-state index contributed by atoms with van der Waals surface area (Å²) in [7, 11) is 0. The van der Waals surface area contributed by atoms with Crippen molar-refractivity contribution >= 4 is 22.9 Å². The number of amides is 1. The maximum absolute atomic E-state index is 12.7. The molecule has 3 fully saturated rings. The summed E-state index contributed by atoms with van der Waals surface area (Å²) in [4.78, 5) is 32.8. The highest BCUT2D eigenvalue weighted by molar-refractivity contribution is 6.00. The second-order valence-electron chi connectivity index (χ2n) is 13.1. The number of hydrogen-bond donors (Lipinski definition) is 2. The molecule has 13 heteroatoms. The summed E-state index contributed by atoms with van der Waals surface area (Å²) >= 11 is 0. The van der Waals surface area contributed by atoms with Crippen LogP contribution in [0.4, 0.5) is 10.6 Å². The lowest BCUT2D eigenvalue weighted by Gasteiger charge is -2.31. The number of carbonyl (C=O) groups excluding carboxylic acids is 1. The molecule has 3 N–H and O–H groups in total. The lowest BCUT2D eigenvalue weighted by molar-refractivity contribution is 0.0740. The molecule has 4 aromatic rings. The van der Waals surface area contributed by atoms with E-state index in [4.69, 9.17) is 30.1 Å². The van der Waals surface area contributed by atoms with Gasteiger partial charge >= 0.3 is 6.09 Å². The van der Waals surface area contributed by atoms with Gasteiger partial charge in [0.05, 0.1) is 23.7 Å². The maximum atomic E-state index is 12.7. The number of nitrogens with two attached hydrogens (primary N) is 1. The van der Waals surface area contributed by atoms with Crippen LogP contribution < -0.4 is 5.73 Å². The lowest BCUT2D eigenvalue weighted by atomic mass is 9.86. The highest BCUT2D eigenvalue weighted by Gasteiger charge is 2.36. The predicted molar refractivity (Wildman–Crippen MR) is 166 cm³/mol. The molecular weight excluding hydrogens is 574 g/mol. The van der Waals surface area contributed by atoms with Crippen molar-refractivity contribution in [2.75, 3.05) is 25.4 Å². The second kappa shape index (κ2) is 12.3. The van der Waals surface area contributed by atoms with Crippen molar-refractivity contribution in [2.24, 2.45) is 5.92 Å². The van der Waals surface area contributed by atoms with Crippen LogP contribution in [0.2, 0.25) is 0 Å². The van der Waals surface area contributed by atoms with Gasteiger partial charge < -0.3 is 25.0 Å². The van der Waals surface area contributed by atoms with Crippen molar-refractivity contribution in [2.45, 2.75) is 95.6 Å². The minimum atomic E-state index is -0.234. The molecule has 0 radical (unpaired) electrons. The van der Waals surface area contributed by atoms with E-state index in [1.54, 1.807) is 4.90 Å². The van der Waals surface area contributed by atoms with Crippen molar-refractivity contribution < 1.29 is 19.2 Å². The van der Waals surface area contributed by atoms with E-state index in [2.05, 4.69) is 15.1 Å². The number of fused-ring (bicyclic) bond motifs is 1. The van der Waals surface area contributed by atoms with Gasteiger partial charge in [0.25, 0.3) is 0 Å². The first-order valence-electron chi connectivity index (χ1n) is 16.3. The number of likely N-dealkylation sites (tertiary alicyclic amines) is 1. The number of carbonyl (C=O) groups is 1. The third-order valence-corrected chi connectivity index (χ3v) is 9.59. The molecule has 1 saturated heterocycles. The first kappa shape index (κ1) is 29.6. The summed E-state index contributed by atoms with van der Waals surface area (Å²) in [6.07, 6.45) is 13.1. The molecule has 2 aliphatic carbocycles. The molecule has 0 atom stereocenters. The van der Waals surface area contributed by atoms with E-state index < -0.39 is 0 Å². The van der Waals surface area contributed by atoms with Crippen LogP contribution in [0.5, 0.6) is 0 Å². The van der Waals surface area contributed by atoms with Crippen LogP contribution in [0.25, 0.3) is 33.8 Å². The summed E-state index contributed by atoms with van der Waals surface area (Å²) in [6, 6.07) is 0.0509. The molecule has 0 spiro atoms. The standard InChI is InChI=1S/C32H41N9O4/c1-18(2)41-31-25(29(33)36-17-37-31)26(38-41)27-24(28(45-39-27)21-5-6-21)30-34-15-22(16-35-30)20-9-12-40(13-10-20)32(43)44-14-11-19-3-7-23(42)8-4-19/h15-21,23,42H,3-14H2,1-2H3,(H2,33,36,37). The lowest BCUT2D eigenvalue weighted by Crippen LogP contribution is -2.38. The highest BCUT2D eigenvalue weighted by Crippen LogP contribution is 2.48. The van der Waals surface area contributed by atoms with Gasteiger partial charge in [-0.1, -0.05) is 5.16 Å². The maximum Gasteiger partial charge on any atom is 0.409 e. The molecule has 7 rings (SSSR count). The third-order valence-electron chi connectivity index (χ3n) is 9.59. The van der Waals surface area contributed by atoms with E-state index in [-0.39, 0.29) is 30.1 Å². The largest absolute Gasteiger partial charge is 0.449 e. The average Bonchev–Trinajstić information content (AvgIpc) is 3.68. The minimum Gasteiger partial charge on any atom is -0.449 e. The number of aliphatic hydroxyl groups is 1. The number of nitrogens with zero attached hydrogens (tertiary/aromatic N) is 8. The molecule has 0 aromatic carbocycles. The van der Waals surface area contributed by atoms with Crippen LogP contribution in [0, 0.1) is 5.92 Å². The number of piperidine rings is 1. The number of aromatic nitrogens is 7. The Morgan fingerprint density at radius 1 is 1.00 bits per heavy atom. The fourth-order valence-electron chi connectivity index (χ4n) is 6.74. The SMILES string of the molecule is CC(C)n1nc(-c2noc(C3CC3)c2-c2ncc(C3CCN(C(=O)OCCC4CCC(O)CC4)CC3)cn2)c2c(N)ncnc21. The Balaban J connectivity index is 1.04. The first-order valence-corrected chi connectivity index (χ1v) is 16.3. The van der Waals surface area contributed by atoms with Crippen molar-refractivity contribution in [3.63, 3.8) is 0 Å². The van der Waals surface area contributed by atoms with E-state index in [1.807, 2.05) is 30.9 Å². The van der Waals surface area contributed by atoms with Gasteiger partial charge in [-0.25, -0.2) is 29.4 Å². The number of anilines is 1. The minimum absolute atomic E-state index is 0.0509.